The maximum Gasteiger partial charge on any atom is 0.204 e. The molecule has 5 heteroatoms. The monoisotopic (exact) mass is 695 g/mol. The van der Waals surface area contributed by atoms with E-state index in [1.165, 1.54) is 134 Å². The molecule has 0 bridgehead atoms. The minimum Gasteiger partial charge on any atom is -0.493 e. The second kappa shape index (κ2) is 25.5. The lowest BCUT2D eigenvalue weighted by atomic mass is 9.99. The zero-order chi connectivity index (χ0) is 35.8. The molecule has 0 amide bonds. The van der Waals surface area contributed by atoms with Gasteiger partial charge in [-0.3, -0.25) is 0 Å². The van der Waals surface area contributed by atoms with Crippen molar-refractivity contribution in [2.24, 2.45) is 0 Å². The Hall–Kier alpha value is -2.40. The molecule has 284 valence electrons. The predicted octanol–water partition coefficient (Wildman–Crippen LogP) is 13.8. The molecule has 0 aliphatic rings. The molecule has 0 aliphatic carbocycles. The van der Waals surface area contributed by atoms with E-state index in [4.69, 9.17) is 18.6 Å². The SMILES string of the molecule is CCCCCCCCCCCCCCCc1ccc2c(oc3c(OC)c(OC)c(CCCCCCC[C@H](O)CCCCCCC)cc32)c1OC. The van der Waals surface area contributed by atoms with Crippen LogP contribution in [0.1, 0.15) is 185 Å². The Morgan fingerprint density at radius 1 is 0.480 bits per heavy atom. The molecule has 3 rings (SSSR count). The van der Waals surface area contributed by atoms with Crippen molar-refractivity contribution < 1.29 is 23.7 Å². The van der Waals surface area contributed by atoms with Crippen LogP contribution in [0.2, 0.25) is 0 Å². The first-order valence-corrected chi connectivity index (χ1v) is 20.9. The normalized spacial score (nSPS) is 12.3. The fourth-order valence-corrected chi connectivity index (χ4v) is 7.70. The summed E-state index contributed by atoms with van der Waals surface area (Å²) in [7, 11) is 5.18. The van der Waals surface area contributed by atoms with E-state index >= 15 is 0 Å². The quantitative estimate of drug-likeness (QED) is 0.0679. The Kier molecular flexibility index (Phi) is 21.5. The number of furan rings is 1. The molecule has 0 spiro atoms. The molecule has 50 heavy (non-hydrogen) atoms. The summed E-state index contributed by atoms with van der Waals surface area (Å²) in [6.07, 6.45) is 33.4. The Balaban J connectivity index is 1.49. The van der Waals surface area contributed by atoms with Crippen LogP contribution in [-0.2, 0) is 12.8 Å². The number of aliphatic hydroxyl groups excluding tert-OH is 1. The van der Waals surface area contributed by atoms with Crippen molar-refractivity contribution in [3.05, 3.63) is 29.3 Å². The summed E-state index contributed by atoms with van der Waals surface area (Å²) in [5.41, 5.74) is 3.90. The number of fused-ring (bicyclic) bond motifs is 3. The Labute approximate surface area is 306 Å². The molecule has 1 N–H and O–H groups in total. The summed E-state index contributed by atoms with van der Waals surface area (Å²) in [6.45, 7) is 4.53. The smallest absolute Gasteiger partial charge is 0.204 e. The van der Waals surface area contributed by atoms with Gasteiger partial charge in [0.15, 0.2) is 22.7 Å². The third-order valence-electron chi connectivity index (χ3n) is 10.7. The molecule has 1 heterocycles. The van der Waals surface area contributed by atoms with Gasteiger partial charge in [-0.05, 0) is 61.8 Å². The maximum atomic E-state index is 10.3. The van der Waals surface area contributed by atoms with Crippen LogP contribution in [0.15, 0.2) is 22.6 Å². The standard InChI is InChI=1S/C45H74O5/c1-6-8-10-12-13-14-15-16-17-18-19-22-25-29-36-33-34-39-40-35-37(42(48-4)45(49-5)44(40)50-43(39)41(36)47-3)30-26-23-20-24-28-32-38(46)31-27-21-11-9-7-2/h33-35,38,46H,6-32H2,1-5H3/t38-/m1/s1. The van der Waals surface area contributed by atoms with E-state index in [0.717, 1.165) is 83.9 Å². The lowest BCUT2D eigenvalue weighted by Gasteiger charge is -2.13. The first-order chi connectivity index (χ1) is 24.6. The minimum absolute atomic E-state index is 0.126. The van der Waals surface area contributed by atoms with Gasteiger partial charge in [-0.1, -0.05) is 155 Å². The van der Waals surface area contributed by atoms with Crippen LogP contribution in [0.5, 0.6) is 17.2 Å². The van der Waals surface area contributed by atoms with Gasteiger partial charge in [0.05, 0.1) is 27.4 Å². The summed E-state index contributed by atoms with van der Waals surface area (Å²) in [6, 6.07) is 6.68. The number of hydrogen-bond donors (Lipinski definition) is 1. The molecule has 3 aromatic rings. The Morgan fingerprint density at radius 3 is 1.38 bits per heavy atom. The topological polar surface area (TPSA) is 61.1 Å². The number of rotatable bonds is 31. The van der Waals surface area contributed by atoms with Crippen LogP contribution in [0, 0.1) is 0 Å². The van der Waals surface area contributed by atoms with Gasteiger partial charge in [-0.15, -0.1) is 0 Å². The van der Waals surface area contributed by atoms with Crippen LogP contribution < -0.4 is 14.2 Å². The number of methoxy groups -OCH3 is 3. The summed E-state index contributed by atoms with van der Waals surface area (Å²) >= 11 is 0. The average Bonchev–Trinajstić information content (AvgIpc) is 3.50. The van der Waals surface area contributed by atoms with Crippen LogP contribution in [0.25, 0.3) is 21.9 Å². The van der Waals surface area contributed by atoms with Crippen LogP contribution in [0.3, 0.4) is 0 Å². The summed E-state index contributed by atoms with van der Waals surface area (Å²) in [5.74, 6) is 2.29. The third kappa shape index (κ3) is 14.0. The van der Waals surface area contributed by atoms with Gasteiger partial charge >= 0.3 is 0 Å². The molecule has 0 saturated heterocycles. The Bertz CT molecular complexity index is 1310. The number of benzene rings is 2. The molecule has 5 nitrogen and oxygen atoms in total. The molecule has 0 aliphatic heterocycles. The zero-order valence-electron chi connectivity index (χ0n) is 33.0. The second-order valence-corrected chi connectivity index (χ2v) is 14.9. The van der Waals surface area contributed by atoms with Crippen molar-refractivity contribution in [2.45, 2.75) is 193 Å². The largest absolute Gasteiger partial charge is 0.493 e. The van der Waals surface area contributed by atoms with Crippen LogP contribution >= 0.6 is 0 Å². The van der Waals surface area contributed by atoms with Crippen molar-refractivity contribution in [1.29, 1.82) is 0 Å². The van der Waals surface area contributed by atoms with E-state index in [-0.39, 0.29) is 6.10 Å². The highest BCUT2D eigenvalue weighted by Gasteiger charge is 2.23. The number of aryl methyl sites for hydroxylation is 2. The van der Waals surface area contributed by atoms with Crippen LogP contribution in [-0.4, -0.2) is 32.5 Å². The molecule has 1 aromatic heterocycles. The zero-order valence-corrected chi connectivity index (χ0v) is 33.0. The third-order valence-corrected chi connectivity index (χ3v) is 10.7. The molecule has 1 atom stereocenters. The van der Waals surface area contributed by atoms with Crippen molar-refractivity contribution >= 4 is 21.9 Å². The van der Waals surface area contributed by atoms with Gasteiger partial charge in [0, 0.05) is 10.8 Å². The summed E-state index contributed by atoms with van der Waals surface area (Å²) < 4.78 is 24.4. The number of ether oxygens (including phenoxy) is 3. The summed E-state index contributed by atoms with van der Waals surface area (Å²) in [4.78, 5) is 0. The van der Waals surface area contributed by atoms with E-state index in [1.54, 1.807) is 21.3 Å². The highest BCUT2D eigenvalue weighted by molar-refractivity contribution is 6.10. The van der Waals surface area contributed by atoms with Crippen molar-refractivity contribution in [1.82, 2.24) is 0 Å². The molecule has 0 radical (unpaired) electrons. The fraction of sp³-hybridized carbons (Fsp3) is 0.733. The highest BCUT2D eigenvalue weighted by atomic mass is 16.5. The maximum absolute atomic E-state index is 10.3. The number of aliphatic hydroxyl groups is 1. The van der Waals surface area contributed by atoms with Gasteiger partial charge in [0.2, 0.25) is 5.75 Å². The molecule has 2 aromatic carbocycles. The number of hydrogen-bond acceptors (Lipinski definition) is 5. The first kappa shape index (κ1) is 42.0. The average molecular weight is 695 g/mol. The van der Waals surface area contributed by atoms with Gasteiger partial charge in [-0.25, -0.2) is 0 Å². The lowest BCUT2D eigenvalue weighted by molar-refractivity contribution is 0.147. The molecular formula is C45H74O5. The van der Waals surface area contributed by atoms with E-state index < -0.39 is 0 Å². The first-order valence-electron chi connectivity index (χ1n) is 20.9. The van der Waals surface area contributed by atoms with Gasteiger partial charge < -0.3 is 23.7 Å². The van der Waals surface area contributed by atoms with E-state index in [1.807, 2.05) is 0 Å². The van der Waals surface area contributed by atoms with Gasteiger partial charge in [0.1, 0.15) is 0 Å². The van der Waals surface area contributed by atoms with Crippen molar-refractivity contribution in [3.63, 3.8) is 0 Å². The second-order valence-electron chi connectivity index (χ2n) is 14.9. The molecule has 0 saturated carbocycles. The van der Waals surface area contributed by atoms with Crippen molar-refractivity contribution in [2.75, 3.05) is 21.3 Å². The van der Waals surface area contributed by atoms with Gasteiger partial charge in [-0.2, -0.15) is 0 Å². The Morgan fingerprint density at radius 2 is 0.900 bits per heavy atom. The fourth-order valence-electron chi connectivity index (χ4n) is 7.70. The highest BCUT2D eigenvalue weighted by Crippen LogP contribution is 2.46. The van der Waals surface area contributed by atoms with Crippen molar-refractivity contribution in [3.8, 4) is 17.2 Å². The molecular weight excluding hydrogens is 620 g/mol. The number of unbranched alkanes of at least 4 members (excludes halogenated alkanes) is 20. The lowest BCUT2D eigenvalue weighted by Crippen LogP contribution is -2.05. The van der Waals surface area contributed by atoms with Gasteiger partial charge in [0.25, 0.3) is 0 Å². The van der Waals surface area contributed by atoms with E-state index in [9.17, 15) is 5.11 Å². The summed E-state index contributed by atoms with van der Waals surface area (Å²) in [5, 5.41) is 12.5. The predicted molar refractivity (Wildman–Crippen MR) is 214 cm³/mol. The minimum atomic E-state index is -0.126. The molecule has 0 fully saturated rings. The van der Waals surface area contributed by atoms with Crippen LogP contribution in [0.4, 0.5) is 0 Å². The van der Waals surface area contributed by atoms with E-state index in [2.05, 4.69) is 32.0 Å². The molecule has 0 unspecified atom stereocenters. The van der Waals surface area contributed by atoms with E-state index in [0.29, 0.717) is 5.75 Å².